The number of allylic oxidation sites excluding steroid dienone is 14. The molecule has 2 atom stereocenters. The maximum Gasteiger partial charge on any atom is 0.472 e. The molecule has 0 aromatic rings. The summed E-state index contributed by atoms with van der Waals surface area (Å²) in [6, 6.07) is 0. The minimum Gasteiger partial charge on any atom is -0.462 e. The van der Waals surface area contributed by atoms with Gasteiger partial charge in [0.05, 0.1) is 13.2 Å². The van der Waals surface area contributed by atoms with Crippen molar-refractivity contribution in [3.05, 3.63) is 85.1 Å². The highest BCUT2D eigenvalue weighted by molar-refractivity contribution is 7.47. The summed E-state index contributed by atoms with van der Waals surface area (Å²) in [5.41, 5.74) is 5.34. The summed E-state index contributed by atoms with van der Waals surface area (Å²) in [6.07, 6.45) is 50.5. The number of nitrogens with two attached hydrogens (primary N) is 1. The second kappa shape index (κ2) is 40.8. The monoisotopic (exact) mass is 790 g/mol. The molecular weight excluding hydrogens is 713 g/mol. The second-order valence-electron chi connectivity index (χ2n) is 13.5. The molecule has 10 heteroatoms. The van der Waals surface area contributed by atoms with Crippen molar-refractivity contribution in [2.75, 3.05) is 26.4 Å². The van der Waals surface area contributed by atoms with Crippen LogP contribution in [0.5, 0.6) is 0 Å². The van der Waals surface area contributed by atoms with Crippen LogP contribution in [-0.4, -0.2) is 49.3 Å². The van der Waals surface area contributed by atoms with Gasteiger partial charge in [-0.25, -0.2) is 4.57 Å². The average molecular weight is 790 g/mol. The lowest BCUT2D eigenvalue weighted by atomic mass is 10.1. The summed E-state index contributed by atoms with van der Waals surface area (Å²) in [5.74, 6) is -0.950. The van der Waals surface area contributed by atoms with Crippen molar-refractivity contribution in [3.63, 3.8) is 0 Å². The van der Waals surface area contributed by atoms with E-state index in [1.165, 1.54) is 51.4 Å². The van der Waals surface area contributed by atoms with Crippen LogP contribution < -0.4 is 5.73 Å². The molecule has 3 N–H and O–H groups in total. The fourth-order valence-corrected chi connectivity index (χ4v) is 5.88. The summed E-state index contributed by atoms with van der Waals surface area (Å²) < 4.78 is 32.6. The minimum atomic E-state index is -4.40. The number of esters is 2. The van der Waals surface area contributed by atoms with Crippen molar-refractivity contribution in [1.29, 1.82) is 0 Å². The lowest BCUT2D eigenvalue weighted by Gasteiger charge is -2.19. The Kier molecular flexibility index (Phi) is 38.8. The first-order valence-electron chi connectivity index (χ1n) is 21.1. The Labute approximate surface area is 334 Å². The van der Waals surface area contributed by atoms with Crippen molar-refractivity contribution in [2.45, 2.75) is 161 Å². The SMILES string of the molecule is CCCCCC=CCC=CCC=CCC=CCC=CCCC(=O)OC(COC(=O)CCCCCCCC=CCC=CCCCCC)COP(=O)(O)OCCN. The van der Waals surface area contributed by atoms with Gasteiger partial charge < -0.3 is 20.1 Å². The van der Waals surface area contributed by atoms with Crippen LogP contribution >= 0.6 is 7.82 Å². The van der Waals surface area contributed by atoms with Gasteiger partial charge >= 0.3 is 19.8 Å². The molecule has 2 unspecified atom stereocenters. The first-order chi connectivity index (χ1) is 26.8. The molecule has 0 bridgehead atoms. The van der Waals surface area contributed by atoms with Crippen LogP contribution in [0.15, 0.2) is 85.1 Å². The number of phosphoric ester groups is 1. The smallest absolute Gasteiger partial charge is 0.462 e. The zero-order valence-corrected chi connectivity index (χ0v) is 35.3. The van der Waals surface area contributed by atoms with E-state index in [2.05, 4.69) is 86.8 Å². The van der Waals surface area contributed by atoms with E-state index >= 15 is 0 Å². The number of hydrogen-bond donors (Lipinski definition) is 2. The summed E-state index contributed by atoms with van der Waals surface area (Å²) >= 11 is 0. The molecule has 0 radical (unpaired) electrons. The zero-order chi connectivity index (χ0) is 40.3. The third kappa shape index (κ3) is 40.7. The van der Waals surface area contributed by atoms with Gasteiger partial charge in [-0.1, -0.05) is 144 Å². The lowest BCUT2D eigenvalue weighted by molar-refractivity contribution is -0.161. The predicted molar refractivity (Wildman–Crippen MR) is 229 cm³/mol. The third-order valence-electron chi connectivity index (χ3n) is 8.27. The second-order valence-corrected chi connectivity index (χ2v) is 14.9. The van der Waals surface area contributed by atoms with E-state index in [4.69, 9.17) is 24.3 Å². The van der Waals surface area contributed by atoms with Gasteiger partial charge in [-0.05, 0) is 83.5 Å². The predicted octanol–water partition coefficient (Wildman–Crippen LogP) is 12.0. The Balaban J connectivity index is 4.35. The molecule has 0 aliphatic heterocycles. The molecule has 314 valence electrons. The van der Waals surface area contributed by atoms with Gasteiger partial charge in [0.15, 0.2) is 6.10 Å². The number of carbonyl (C=O) groups excluding carboxylic acids is 2. The number of carbonyl (C=O) groups is 2. The van der Waals surface area contributed by atoms with Gasteiger partial charge in [0.25, 0.3) is 0 Å². The van der Waals surface area contributed by atoms with E-state index in [1.807, 2.05) is 12.2 Å². The fraction of sp³-hybridized carbons (Fsp3) is 0.644. The Morgan fingerprint density at radius 1 is 0.545 bits per heavy atom. The topological polar surface area (TPSA) is 134 Å². The van der Waals surface area contributed by atoms with Gasteiger partial charge in [-0.3, -0.25) is 18.6 Å². The van der Waals surface area contributed by atoms with E-state index in [-0.39, 0.29) is 32.6 Å². The molecule has 0 aliphatic carbocycles. The van der Waals surface area contributed by atoms with Gasteiger partial charge in [0, 0.05) is 19.4 Å². The van der Waals surface area contributed by atoms with Crippen molar-refractivity contribution in [1.82, 2.24) is 0 Å². The largest absolute Gasteiger partial charge is 0.472 e. The summed E-state index contributed by atoms with van der Waals surface area (Å²) in [4.78, 5) is 34.8. The molecule has 0 rings (SSSR count). The summed E-state index contributed by atoms with van der Waals surface area (Å²) in [7, 11) is -4.40. The summed E-state index contributed by atoms with van der Waals surface area (Å²) in [5, 5.41) is 0. The van der Waals surface area contributed by atoms with Crippen LogP contribution in [0.1, 0.15) is 155 Å². The molecule has 55 heavy (non-hydrogen) atoms. The quantitative estimate of drug-likeness (QED) is 0.0271. The van der Waals surface area contributed by atoms with Crippen LogP contribution in [0.3, 0.4) is 0 Å². The van der Waals surface area contributed by atoms with E-state index in [0.717, 1.165) is 64.2 Å². The van der Waals surface area contributed by atoms with Crippen LogP contribution in [0.2, 0.25) is 0 Å². The molecule has 0 aromatic heterocycles. The highest BCUT2D eigenvalue weighted by atomic mass is 31.2. The van der Waals surface area contributed by atoms with E-state index in [1.54, 1.807) is 0 Å². The molecule has 0 amide bonds. The molecule has 0 aliphatic rings. The van der Waals surface area contributed by atoms with Crippen molar-refractivity contribution in [3.8, 4) is 0 Å². The number of ether oxygens (including phenoxy) is 2. The average Bonchev–Trinajstić information content (AvgIpc) is 3.17. The maximum absolute atomic E-state index is 12.5. The molecule has 0 saturated carbocycles. The fourth-order valence-electron chi connectivity index (χ4n) is 5.12. The number of unbranched alkanes of at least 4 members (excludes halogenated alkanes) is 11. The lowest BCUT2D eigenvalue weighted by Crippen LogP contribution is -2.29. The van der Waals surface area contributed by atoms with Gasteiger partial charge in [-0.15, -0.1) is 0 Å². The Bertz CT molecular complexity index is 1170. The molecular formula is C45H76NO8P. The number of hydrogen-bond acceptors (Lipinski definition) is 8. The molecule has 0 heterocycles. The van der Waals surface area contributed by atoms with Crippen LogP contribution in [-0.2, 0) is 32.7 Å². The van der Waals surface area contributed by atoms with Gasteiger partial charge in [-0.2, -0.15) is 0 Å². The highest BCUT2D eigenvalue weighted by Crippen LogP contribution is 2.43. The van der Waals surface area contributed by atoms with E-state index in [9.17, 15) is 19.0 Å². The summed E-state index contributed by atoms with van der Waals surface area (Å²) in [6.45, 7) is 3.55. The molecule has 9 nitrogen and oxygen atoms in total. The third-order valence-corrected chi connectivity index (χ3v) is 9.25. The Hall–Kier alpha value is -2.81. The zero-order valence-electron chi connectivity index (χ0n) is 34.4. The maximum atomic E-state index is 12.5. The Morgan fingerprint density at radius 2 is 0.982 bits per heavy atom. The molecule has 0 spiro atoms. The molecule has 0 aromatic carbocycles. The van der Waals surface area contributed by atoms with Crippen molar-refractivity contribution >= 4 is 19.8 Å². The van der Waals surface area contributed by atoms with Crippen LogP contribution in [0, 0.1) is 0 Å². The number of rotatable bonds is 38. The molecule has 0 fully saturated rings. The van der Waals surface area contributed by atoms with E-state index < -0.39 is 32.5 Å². The van der Waals surface area contributed by atoms with Gasteiger partial charge in [0.1, 0.15) is 6.61 Å². The van der Waals surface area contributed by atoms with Crippen molar-refractivity contribution < 1.29 is 37.6 Å². The van der Waals surface area contributed by atoms with Crippen LogP contribution in [0.4, 0.5) is 0 Å². The normalized spacial score (nSPS) is 14.2. The minimum absolute atomic E-state index is 0.0358. The molecule has 0 saturated heterocycles. The standard InChI is InChI=1S/C45H76NO8P/c1-3-5-7-9-11-13-15-17-19-20-21-22-24-26-28-30-32-34-36-38-45(48)54-43(42-53-55(49,50)52-40-39-46)41-51-44(47)37-35-33-31-29-27-25-23-18-16-14-12-10-8-6-4-2/h11-14,17-19,21-23,26,28,32,34,43H,3-10,15-16,20,24-25,27,29-31,33,35-42,46H2,1-2H3,(H,49,50). The Morgan fingerprint density at radius 3 is 1.47 bits per heavy atom. The number of phosphoric acid groups is 1. The van der Waals surface area contributed by atoms with Crippen LogP contribution in [0.25, 0.3) is 0 Å². The highest BCUT2D eigenvalue weighted by Gasteiger charge is 2.25. The van der Waals surface area contributed by atoms with Gasteiger partial charge in [0.2, 0.25) is 0 Å². The van der Waals surface area contributed by atoms with E-state index in [0.29, 0.717) is 12.8 Å². The van der Waals surface area contributed by atoms with Crippen molar-refractivity contribution in [2.24, 2.45) is 5.73 Å². The first kappa shape index (κ1) is 52.2. The first-order valence-corrected chi connectivity index (χ1v) is 22.6.